The first kappa shape index (κ1) is 18.7. The van der Waals surface area contributed by atoms with E-state index in [0.29, 0.717) is 5.69 Å². The molecule has 5 rings (SSSR count). The van der Waals surface area contributed by atoms with Gasteiger partial charge < -0.3 is 19.9 Å². The van der Waals surface area contributed by atoms with Crippen LogP contribution in [-0.4, -0.2) is 39.9 Å². The highest BCUT2D eigenvalue weighted by atomic mass is 16.5. The number of piperidine rings is 1. The first-order valence-corrected chi connectivity index (χ1v) is 10.5. The minimum Gasteiger partial charge on any atom is -0.490 e. The van der Waals surface area contributed by atoms with Gasteiger partial charge in [-0.05, 0) is 56.2 Å². The molecule has 6 nitrogen and oxygen atoms in total. The average Bonchev–Trinajstić information content (AvgIpc) is 3.31. The van der Waals surface area contributed by atoms with Crippen molar-refractivity contribution < 1.29 is 14.3 Å². The molecule has 6 heteroatoms. The maximum atomic E-state index is 12.9. The number of nitrogens with one attached hydrogen (secondary N) is 2. The van der Waals surface area contributed by atoms with Crippen LogP contribution in [0.5, 0.6) is 5.75 Å². The molecule has 2 saturated heterocycles. The summed E-state index contributed by atoms with van der Waals surface area (Å²) in [5, 5.41) is 3.77. The maximum absolute atomic E-state index is 12.9. The molecule has 0 radical (unpaired) electrons. The van der Waals surface area contributed by atoms with Crippen molar-refractivity contribution in [1.29, 1.82) is 0 Å². The average molecular weight is 403 g/mol. The molecule has 2 unspecified atom stereocenters. The zero-order valence-electron chi connectivity index (χ0n) is 16.9. The van der Waals surface area contributed by atoms with Crippen molar-refractivity contribution in [2.24, 2.45) is 0 Å². The summed E-state index contributed by atoms with van der Waals surface area (Å²) in [6, 6.07) is 15.7. The van der Waals surface area contributed by atoms with Crippen LogP contribution in [0, 0.1) is 6.92 Å². The van der Waals surface area contributed by atoms with Crippen LogP contribution >= 0.6 is 0 Å². The number of aromatic nitrogens is 1. The van der Waals surface area contributed by atoms with E-state index in [2.05, 4.69) is 17.2 Å². The van der Waals surface area contributed by atoms with Crippen LogP contribution in [0.2, 0.25) is 0 Å². The third kappa shape index (κ3) is 3.54. The standard InChI is InChI=1S/C24H25N3O3/c1-15-2-7-20(8-3-15)30-21-13-18-5-6-19(14-21)27(18)24(29)23(28)26-17-4-9-22-16(12-17)10-11-25-22/h2-4,7-12,18-19,21,25H,5-6,13-14H2,1H3,(H,26,28). The molecule has 2 bridgehead atoms. The molecule has 2 aliphatic heterocycles. The van der Waals surface area contributed by atoms with Crippen LogP contribution in [0.25, 0.3) is 10.9 Å². The summed E-state index contributed by atoms with van der Waals surface area (Å²) in [4.78, 5) is 30.5. The number of hydrogen-bond acceptors (Lipinski definition) is 3. The van der Waals surface area contributed by atoms with Crippen molar-refractivity contribution in [3.8, 4) is 5.75 Å². The zero-order valence-corrected chi connectivity index (χ0v) is 16.9. The highest BCUT2D eigenvalue weighted by Crippen LogP contribution is 2.37. The number of aromatic amines is 1. The SMILES string of the molecule is Cc1ccc(OC2CC3CCC(C2)N3C(=O)C(=O)Nc2ccc3[nH]ccc3c2)cc1. The third-order valence-electron chi connectivity index (χ3n) is 6.25. The van der Waals surface area contributed by atoms with E-state index in [0.717, 1.165) is 42.3 Å². The Hall–Kier alpha value is -3.28. The Morgan fingerprint density at radius 2 is 1.77 bits per heavy atom. The quantitative estimate of drug-likeness (QED) is 0.649. The number of hydrogen-bond donors (Lipinski definition) is 2. The van der Waals surface area contributed by atoms with Crippen LogP contribution in [0.1, 0.15) is 31.2 Å². The largest absolute Gasteiger partial charge is 0.490 e. The number of carbonyl (C=O) groups excluding carboxylic acids is 2. The van der Waals surface area contributed by atoms with E-state index in [1.54, 1.807) is 11.0 Å². The number of rotatable bonds is 3. The monoisotopic (exact) mass is 403 g/mol. The van der Waals surface area contributed by atoms with E-state index in [9.17, 15) is 9.59 Å². The Labute approximate surface area is 175 Å². The van der Waals surface area contributed by atoms with Crippen molar-refractivity contribution >= 4 is 28.4 Å². The first-order chi connectivity index (χ1) is 14.6. The van der Waals surface area contributed by atoms with Gasteiger partial charge in [-0.25, -0.2) is 0 Å². The van der Waals surface area contributed by atoms with E-state index < -0.39 is 11.8 Å². The van der Waals surface area contributed by atoms with E-state index >= 15 is 0 Å². The summed E-state index contributed by atoms with van der Waals surface area (Å²) in [7, 11) is 0. The van der Waals surface area contributed by atoms with Crippen LogP contribution < -0.4 is 10.1 Å². The Morgan fingerprint density at radius 1 is 1.03 bits per heavy atom. The fourth-order valence-electron chi connectivity index (χ4n) is 4.80. The third-order valence-corrected chi connectivity index (χ3v) is 6.25. The van der Waals surface area contributed by atoms with Gasteiger partial charge in [0.05, 0.1) is 0 Å². The lowest BCUT2D eigenvalue weighted by molar-refractivity contribution is -0.147. The summed E-state index contributed by atoms with van der Waals surface area (Å²) in [6.07, 6.45) is 5.30. The van der Waals surface area contributed by atoms with Gasteiger partial charge in [-0.1, -0.05) is 17.7 Å². The number of amides is 2. The lowest BCUT2D eigenvalue weighted by Gasteiger charge is -2.38. The number of carbonyl (C=O) groups is 2. The van der Waals surface area contributed by atoms with Crippen molar-refractivity contribution in [1.82, 2.24) is 9.88 Å². The molecule has 154 valence electrons. The van der Waals surface area contributed by atoms with Gasteiger partial charge in [0.1, 0.15) is 11.9 Å². The van der Waals surface area contributed by atoms with E-state index in [-0.39, 0.29) is 18.2 Å². The predicted molar refractivity (Wildman–Crippen MR) is 115 cm³/mol. The molecule has 2 fully saturated rings. The summed E-state index contributed by atoms with van der Waals surface area (Å²) in [6.45, 7) is 2.05. The number of H-pyrrole nitrogens is 1. The highest BCUT2D eigenvalue weighted by Gasteiger charge is 2.45. The number of fused-ring (bicyclic) bond motifs is 3. The molecular formula is C24H25N3O3. The molecule has 1 aromatic heterocycles. The number of nitrogens with zero attached hydrogens (tertiary/aromatic N) is 1. The molecular weight excluding hydrogens is 378 g/mol. The summed E-state index contributed by atoms with van der Waals surface area (Å²) < 4.78 is 6.17. The second-order valence-electron chi connectivity index (χ2n) is 8.36. The molecule has 2 aromatic carbocycles. The van der Waals surface area contributed by atoms with Gasteiger partial charge in [-0.3, -0.25) is 9.59 Å². The van der Waals surface area contributed by atoms with Gasteiger partial charge in [0, 0.05) is 47.7 Å². The smallest absolute Gasteiger partial charge is 0.313 e. The molecule has 3 aromatic rings. The Kier molecular flexibility index (Phi) is 4.69. The van der Waals surface area contributed by atoms with Gasteiger partial charge in [0.15, 0.2) is 0 Å². The molecule has 2 amide bonds. The fourth-order valence-corrected chi connectivity index (χ4v) is 4.80. The molecule has 2 aliphatic rings. The van der Waals surface area contributed by atoms with Crippen LogP contribution in [0.15, 0.2) is 54.7 Å². The van der Waals surface area contributed by atoms with Crippen LogP contribution in [0.3, 0.4) is 0 Å². The minimum absolute atomic E-state index is 0.0598. The number of aryl methyl sites for hydroxylation is 1. The zero-order chi connectivity index (χ0) is 20.7. The first-order valence-electron chi connectivity index (χ1n) is 10.5. The van der Waals surface area contributed by atoms with E-state index in [4.69, 9.17) is 4.74 Å². The lowest BCUT2D eigenvalue weighted by Crippen LogP contribution is -2.52. The number of ether oxygens (including phenoxy) is 1. The summed E-state index contributed by atoms with van der Waals surface area (Å²) in [5.41, 5.74) is 2.82. The van der Waals surface area contributed by atoms with Crippen LogP contribution in [-0.2, 0) is 9.59 Å². The van der Waals surface area contributed by atoms with Gasteiger partial charge in [-0.2, -0.15) is 0 Å². The molecule has 2 atom stereocenters. The van der Waals surface area contributed by atoms with E-state index in [1.807, 2.05) is 48.7 Å². The van der Waals surface area contributed by atoms with Crippen molar-refractivity contribution in [3.05, 3.63) is 60.3 Å². The van der Waals surface area contributed by atoms with Gasteiger partial charge in [-0.15, -0.1) is 0 Å². The van der Waals surface area contributed by atoms with Crippen LogP contribution in [0.4, 0.5) is 5.69 Å². The van der Waals surface area contributed by atoms with E-state index in [1.165, 1.54) is 5.56 Å². The number of benzene rings is 2. The van der Waals surface area contributed by atoms with Gasteiger partial charge in [0.2, 0.25) is 0 Å². The highest BCUT2D eigenvalue weighted by molar-refractivity contribution is 6.39. The Bertz CT molecular complexity index is 1070. The van der Waals surface area contributed by atoms with Crippen molar-refractivity contribution in [2.45, 2.75) is 50.8 Å². The lowest BCUT2D eigenvalue weighted by atomic mass is 9.99. The topological polar surface area (TPSA) is 74.4 Å². The van der Waals surface area contributed by atoms with Crippen molar-refractivity contribution in [3.63, 3.8) is 0 Å². The molecule has 3 heterocycles. The molecule has 0 spiro atoms. The Balaban J connectivity index is 1.24. The second kappa shape index (κ2) is 7.52. The molecule has 0 aliphatic carbocycles. The predicted octanol–water partition coefficient (Wildman–Crippen LogP) is 4.02. The normalized spacial score (nSPS) is 22.8. The van der Waals surface area contributed by atoms with Gasteiger partial charge >= 0.3 is 11.8 Å². The summed E-state index contributed by atoms with van der Waals surface area (Å²) in [5.74, 6) is -0.146. The minimum atomic E-state index is -0.570. The fraction of sp³-hybridized carbons (Fsp3) is 0.333. The summed E-state index contributed by atoms with van der Waals surface area (Å²) >= 11 is 0. The molecule has 30 heavy (non-hydrogen) atoms. The molecule has 0 saturated carbocycles. The van der Waals surface area contributed by atoms with Gasteiger partial charge in [0.25, 0.3) is 0 Å². The second-order valence-corrected chi connectivity index (χ2v) is 8.36. The number of anilines is 1. The van der Waals surface area contributed by atoms with Crippen molar-refractivity contribution in [2.75, 3.05) is 5.32 Å². The maximum Gasteiger partial charge on any atom is 0.313 e. The molecule has 2 N–H and O–H groups in total. The Morgan fingerprint density at radius 3 is 2.50 bits per heavy atom.